The van der Waals surface area contributed by atoms with Crippen LogP contribution < -0.4 is 14.8 Å². The van der Waals surface area contributed by atoms with Gasteiger partial charge in [-0.1, -0.05) is 12.8 Å². The quantitative estimate of drug-likeness (QED) is 0.856. The van der Waals surface area contributed by atoms with Gasteiger partial charge < -0.3 is 19.9 Å². The van der Waals surface area contributed by atoms with Crippen molar-refractivity contribution >= 4 is 5.91 Å². The molecule has 2 N–H and O–H groups in total. The lowest BCUT2D eigenvalue weighted by Gasteiger charge is -2.33. The molecule has 1 aliphatic carbocycles. The second-order valence-electron chi connectivity index (χ2n) is 6.60. The van der Waals surface area contributed by atoms with Gasteiger partial charge in [-0.2, -0.15) is 0 Å². The van der Waals surface area contributed by atoms with E-state index in [0.717, 1.165) is 24.0 Å². The van der Waals surface area contributed by atoms with Gasteiger partial charge in [0.15, 0.2) is 0 Å². The maximum Gasteiger partial charge on any atom is 0.234 e. The second-order valence-corrected chi connectivity index (χ2v) is 6.60. The first kappa shape index (κ1) is 17.0. The second kappa shape index (κ2) is 7.40. The Morgan fingerprint density at radius 3 is 2.58 bits per heavy atom. The van der Waals surface area contributed by atoms with Crippen LogP contribution in [0.4, 0.5) is 0 Å². The maximum atomic E-state index is 12.3. The first-order valence-corrected chi connectivity index (χ1v) is 8.56. The largest absolute Gasteiger partial charge is 0.496 e. The van der Waals surface area contributed by atoms with Crippen LogP contribution in [0, 0.1) is 0 Å². The zero-order valence-electron chi connectivity index (χ0n) is 14.4. The zero-order valence-corrected chi connectivity index (χ0v) is 14.4. The van der Waals surface area contributed by atoms with Crippen molar-refractivity contribution in [2.45, 2.75) is 44.4 Å². The summed E-state index contributed by atoms with van der Waals surface area (Å²) in [6, 6.07) is 3.96. The van der Waals surface area contributed by atoms with Crippen molar-refractivity contribution in [2.75, 3.05) is 27.3 Å². The Hall–Kier alpha value is -1.79. The van der Waals surface area contributed by atoms with E-state index >= 15 is 0 Å². The Labute approximate surface area is 142 Å². The first-order valence-electron chi connectivity index (χ1n) is 8.56. The first-order chi connectivity index (χ1) is 11.6. The Bertz CT molecular complexity index is 599. The number of aliphatic hydroxyl groups is 1. The summed E-state index contributed by atoms with van der Waals surface area (Å²) >= 11 is 0. The Kier molecular flexibility index (Phi) is 5.26. The summed E-state index contributed by atoms with van der Waals surface area (Å²) in [6.07, 6.45) is 3.83. The van der Waals surface area contributed by atoms with E-state index in [1.807, 2.05) is 17.0 Å². The number of ether oxygens (including phenoxy) is 2. The number of fused-ring (bicyclic) bond motifs is 1. The standard InChI is InChI=1S/C18H26N2O4/c1-23-15-7-8-16(24-2)18-13(15)9-20(10-14(18)21)11-17(22)19-12-5-3-4-6-12/h7-8,12,14,21H,3-6,9-11H2,1-2H3,(H,19,22)/t14-/m1/s1. The maximum absolute atomic E-state index is 12.3. The van der Waals surface area contributed by atoms with Crippen LogP contribution in [0.15, 0.2) is 12.1 Å². The van der Waals surface area contributed by atoms with E-state index in [0.29, 0.717) is 30.6 Å². The van der Waals surface area contributed by atoms with Gasteiger partial charge in [0.05, 0.1) is 26.9 Å². The third-order valence-corrected chi connectivity index (χ3v) is 4.95. The van der Waals surface area contributed by atoms with Crippen LogP contribution in [0.2, 0.25) is 0 Å². The summed E-state index contributed by atoms with van der Waals surface area (Å²) in [5, 5.41) is 13.6. The van der Waals surface area contributed by atoms with E-state index in [-0.39, 0.29) is 12.5 Å². The number of hydrogen-bond acceptors (Lipinski definition) is 5. The number of amides is 1. The molecule has 1 aliphatic heterocycles. The van der Waals surface area contributed by atoms with Crippen LogP contribution in [0.3, 0.4) is 0 Å². The van der Waals surface area contributed by atoms with E-state index in [4.69, 9.17) is 9.47 Å². The molecule has 0 spiro atoms. The van der Waals surface area contributed by atoms with Gasteiger partial charge in [0.1, 0.15) is 11.5 Å². The predicted octanol–water partition coefficient (Wildman–Crippen LogP) is 1.61. The normalized spacial score (nSPS) is 21.4. The van der Waals surface area contributed by atoms with Crippen molar-refractivity contribution in [3.8, 4) is 11.5 Å². The molecule has 1 atom stereocenters. The molecular formula is C18H26N2O4. The predicted molar refractivity (Wildman–Crippen MR) is 90.2 cm³/mol. The van der Waals surface area contributed by atoms with E-state index in [2.05, 4.69) is 5.32 Å². The number of aliphatic hydroxyl groups excluding tert-OH is 1. The smallest absolute Gasteiger partial charge is 0.234 e. The van der Waals surface area contributed by atoms with Crippen molar-refractivity contribution in [2.24, 2.45) is 0 Å². The molecule has 1 aromatic rings. The van der Waals surface area contributed by atoms with Gasteiger partial charge in [-0.3, -0.25) is 9.69 Å². The minimum absolute atomic E-state index is 0.0272. The number of rotatable bonds is 5. The minimum atomic E-state index is -0.696. The molecule has 2 aliphatic rings. The van der Waals surface area contributed by atoms with Crippen LogP contribution >= 0.6 is 0 Å². The zero-order chi connectivity index (χ0) is 17.1. The molecule has 0 aromatic heterocycles. The summed E-state index contributed by atoms with van der Waals surface area (Å²) in [5.41, 5.74) is 1.66. The Balaban J connectivity index is 1.72. The van der Waals surface area contributed by atoms with Crippen LogP contribution in [0.25, 0.3) is 0 Å². The van der Waals surface area contributed by atoms with Gasteiger partial charge in [0, 0.05) is 30.3 Å². The monoisotopic (exact) mass is 334 g/mol. The number of β-amino-alcohol motifs (C(OH)–C–C–N with tert-alkyl or cyclic N) is 1. The molecule has 6 heteroatoms. The number of carbonyl (C=O) groups excluding carboxylic acids is 1. The molecule has 1 saturated carbocycles. The number of carbonyl (C=O) groups is 1. The van der Waals surface area contributed by atoms with Gasteiger partial charge in [0.2, 0.25) is 5.91 Å². The molecule has 1 heterocycles. The number of methoxy groups -OCH3 is 2. The van der Waals surface area contributed by atoms with Gasteiger partial charge in [0.25, 0.3) is 0 Å². The highest BCUT2D eigenvalue weighted by Gasteiger charge is 2.30. The highest BCUT2D eigenvalue weighted by Crippen LogP contribution is 2.39. The topological polar surface area (TPSA) is 71.0 Å². The lowest BCUT2D eigenvalue weighted by Crippen LogP contribution is -2.44. The molecule has 3 rings (SSSR count). The van der Waals surface area contributed by atoms with Crippen LogP contribution in [-0.2, 0) is 11.3 Å². The summed E-state index contributed by atoms with van der Waals surface area (Å²) in [5.74, 6) is 1.40. The molecule has 0 radical (unpaired) electrons. The average Bonchev–Trinajstić information content (AvgIpc) is 3.06. The van der Waals surface area contributed by atoms with Crippen molar-refractivity contribution in [1.82, 2.24) is 10.2 Å². The van der Waals surface area contributed by atoms with Crippen molar-refractivity contribution in [1.29, 1.82) is 0 Å². The molecule has 1 fully saturated rings. The van der Waals surface area contributed by atoms with Gasteiger partial charge in [-0.15, -0.1) is 0 Å². The summed E-state index contributed by atoms with van der Waals surface area (Å²) in [7, 11) is 3.20. The van der Waals surface area contributed by atoms with Crippen molar-refractivity contribution in [3.05, 3.63) is 23.3 Å². The van der Waals surface area contributed by atoms with Crippen LogP contribution in [-0.4, -0.2) is 49.3 Å². The summed E-state index contributed by atoms with van der Waals surface area (Å²) in [6.45, 7) is 1.26. The molecule has 0 saturated heterocycles. The van der Waals surface area contributed by atoms with Gasteiger partial charge >= 0.3 is 0 Å². The Morgan fingerprint density at radius 1 is 1.25 bits per heavy atom. The van der Waals surface area contributed by atoms with Crippen molar-refractivity contribution in [3.63, 3.8) is 0 Å². The molecule has 1 amide bonds. The molecule has 132 valence electrons. The van der Waals surface area contributed by atoms with Crippen molar-refractivity contribution < 1.29 is 19.4 Å². The van der Waals surface area contributed by atoms with E-state index in [1.165, 1.54) is 12.8 Å². The number of nitrogens with one attached hydrogen (secondary N) is 1. The third-order valence-electron chi connectivity index (χ3n) is 4.95. The highest BCUT2D eigenvalue weighted by molar-refractivity contribution is 5.78. The van der Waals surface area contributed by atoms with Crippen LogP contribution in [0.5, 0.6) is 11.5 Å². The highest BCUT2D eigenvalue weighted by atomic mass is 16.5. The van der Waals surface area contributed by atoms with Crippen LogP contribution in [0.1, 0.15) is 42.9 Å². The lowest BCUT2D eigenvalue weighted by molar-refractivity contribution is -0.123. The fourth-order valence-corrected chi connectivity index (χ4v) is 3.81. The van der Waals surface area contributed by atoms with E-state index < -0.39 is 6.10 Å². The molecule has 24 heavy (non-hydrogen) atoms. The number of hydrogen-bond donors (Lipinski definition) is 2. The average molecular weight is 334 g/mol. The molecule has 6 nitrogen and oxygen atoms in total. The molecular weight excluding hydrogens is 308 g/mol. The molecule has 0 bridgehead atoms. The lowest BCUT2D eigenvalue weighted by atomic mass is 9.95. The fourth-order valence-electron chi connectivity index (χ4n) is 3.81. The third kappa shape index (κ3) is 3.49. The molecule has 1 aromatic carbocycles. The Morgan fingerprint density at radius 2 is 1.92 bits per heavy atom. The van der Waals surface area contributed by atoms with Gasteiger partial charge in [-0.25, -0.2) is 0 Å². The summed E-state index contributed by atoms with van der Waals surface area (Å²) < 4.78 is 10.8. The van der Waals surface area contributed by atoms with Gasteiger partial charge in [-0.05, 0) is 25.0 Å². The molecule has 0 unspecified atom stereocenters. The SMILES string of the molecule is COc1ccc(OC)c2c1CN(CC(=O)NC1CCCC1)C[C@H]2O. The fraction of sp³-hybridized carbons (Fsp3) is 0.611. The number of nitrogens with zero attached hydrogens (tertiary/aromatic N) is 1. The van der Waals surface area contributed by atoms with E-state index in [9.17, 15) is 9.90 Å². The number of benzene rings is 1. The minimum Gasteiger partial charge on any atom is -0.496 e. The van der Waals surface area contributed by atoms with E-state index in [1.54, 1.807) is 14.2 Å². The summed E-state index contributed by atoms with van der Waals surface area (Å²) in [4.78, 5) is 14.2.